The topological polar surface area (TPSA) is 50.2 Å². The van der Waals surface area contributed by atoms with Gasteiger partial charge in [0.2, 0.25) is 5.91 Å². The first kappa shape index (κ1) is 23.8. The zero-order valence-corrected chi connectivity index (χ0v) is 21.7. The first-order valence-corrected chi connectivity index (χ1v) is 12.7. The van der Waals surface area contributed by atoms with Crippen LogP contribution in [0.4, 0.5) is 17.2 Å². The maximum atomic E-state index is 12.7. The van der Waals surface area contributed by atoms with Crippen LogP contribution in [0.3, 0.4) is 0 Å². The molecule has 36 heavy (non-hydrogen) atoms. The highest BCUT2D eigenvalue weighted by molar-refractivity contribution is 9.10. The highest BCUT2D eigenvalue weighted by Crippen LogP contribution is 2.25. The molecule has 0 unspecified atom stereocenters. The van der Waals surface area contributed by atoms with Gasteiger partial charge in [-0.15, -0.1) is 0 Å². The fraction of sp³-hybridized carbons (Fsp3) is 0.133. The van der Waals surface area contributed by atoms with E-state index >= 15 is 0 Å². The Morgan fingerprint density at radius 2 is 1.69 bits per heavy atom. The highest BCUT2D eigenvalue weighted by atomic mass is 79.9. The van der Waals surface area contributed by atoms with Gasteiger partial charge < -0.3 is 14.8 Å². The summed E-state index contributed by atoms with van der Waals surface area (Å²) in [6, 6.07) is 30.4. The number of halogens is 1. The average molecular weight is 539 g/mol. The molecule has 0 fully saturated rings. The first-order valence-electron chi connectivity index (χ1n) is 11.9. The Hall–Kier alpha value is -3.90. The van der Waals surface area contributed by atoms with Gasteiger partial charge in [-0.2, -0.15) is 0 Å². The molecule has 0 spiro atoms. The summed E-state index contributed by atoms with van der Waals surface area (Å²) in [5.74, 6) is 0.874. The van der Waals surface area contributed by atoms with Gasteiger partial charge in [-0.25, -0.2) is 4.98 Å². The van der Waals surface area contributed by atoms with Crippen molar-refractivity contribution < 1.29 is 4.79 Å². The number of hydrogen-bond donors (Lipinski definition) is 1. The van der Waals surface area contributed by atoms with Gasteiger partial charge in [-0.3, -0.25) is 4.79 Å². The number of carbonyl (C=O) groups is 1. The van der Waals surface area contributed by atoms with Crippen LogP contribution in [0, 0.1) is 0 Å². The summed E-state index contributed by atoms with van der Waals surface area (Å²) in [4.78, 5) is 19.1. The fourth-order valence-electron chi connectivity index (χ4n) is 4.36. The number of para-hydroxylation sites is 1. The summed E-state index contributed by atoms with van der Waals surface area (Å²) in [5, 5.41) is 4.23. The van der Waals surface area contributed by atoms with Crippen LogP contribution in [-0.4, -0.2) is 22.5 Å². The average Bonchev–Trinajstić information content (AvgIpc) is 3.26. The Balaban J connectivity index is 1.23. The van der Waals surface area contributed by atoms with Gasteiger partial charge in [-0.1, -0.05) is 52.3 Å². The van der Waals surface area contributed by atoms with E-state index in [1.54, 1.807) is 6.20 Å². The summed E-state index contributed by atoms with van der Waals surface area (Å²) in [5.41, 5.74) is 5.40. The number of carbonyl (C=O) groups excluding carboxylic acids is 1. The minimum atomic E-state index is 0.00516. The molecule has 1 N–H and O–H groups in total. The molecule has 0 aliphatic carbocycles. The standard InChI is InChI=1S/C30H27BrN4O/c1-34(29-8-4-5-19-32-29)26-16-14-25(15-17-26)33-30(36)18-11-23-21-35(28-7-3-2-6-27(23)28)20-22-9-12-24(31)13-10-22/h2-10,12-17,19,21H,11,18,20H2,1H3,(H,33,36). The zero-order valence-electron chi connectivity index (χ0n) is 20.1. The number of benzene rings is 3. The molecular weight excluding hydrogens is 512 g/mol. The van der Waals surface area contributed by atoms with E-state index in [1.165, 1.54) is 22.0 Å². The van der Waals surface area contributed by atoms with E-state index in [0.717, 1.165) is 28.2 Å². The molecule has 0 bridgehead atoms. The van der Waals surface area contributed by atoms with E-state index in [4.69, 9.17) is 0 Å². The number of rotatable bonds is 8. The van der Waals surface area contributed by atoms with Crippen LogP contribution in [0.25, 0.3) is 10.9 Å². The van der Waals surface area contributed by atoms with Crippen molar-refractivity contribution in [3.8, 4) is 0 Å². The second kappa shape index (κ2) is 10.8. The predicted molar refractivity (Wildman–Crippen MR) is 151 cm³/mol. The molecule has 5 rings (SSSR count). The van der Waals surface area contributed by atoms with Gasteiger partial charge in [-0.05, 0) is 72.1 Å². The fourth-order valence-corrected chi connectivity index (χ4v) is 4.63. The van der Waals surface area contributed by atoms with Gasteiger partial charge in [0.1, 0.15) is 5.82 Å². The lowest BCUT2D eigenvalue weighted by atomic mass is 10.1. The van der Waals surface area contributed by atoms with Gasteiger partial charge in [0, 0.05) is 59.2 Å². The van der Waals surface area contributed by atoms with Crippen LogP contribution in [0.5, 0.6) is 0 Å². The van der Waals surface area contributed by atoms with Crippen molar-refractivity contribution in [1.82, 2.24) is 9.55 Å². The second-order valence-corrected chi connectivity index (χ2v) is 9.68. The summed E-state index contributed by atoms with van der Waals surface area (Å²) in [6.45, 7) is 0.791. The van der Waals surface area contributed by atoms with Gasteiger partial charge in [0.15, 0.2) is 0 Å². The Kier molecular flexibility index (Phi) is 7.14. The molecule has 0 aliphatic rings. The maximum Gasteiger partial charge on any atom is 0.224 e. The van der Waals surface area contributed by atoms with Gasteiger partial charge in [0.05, 0.1) is 0 Å². The maximum absolute atomic E-state index is 12.7. The number of nitrogens with one attached hydrogen (secondary N) is 1. The number of anilines is 3. The van der Waals surface area contributed by atoms with Crippen molar-refractivity contribution in [2.24, 2.45) is 0 Å². The molecule has 3 aromatic carbocycles. The van der Waals surface area contributed by atoms with E-state index in [-0.39, 0.29) is 5.91 Å². The molecular formula is C30H27BrN4O. The quantitative estimate of drug-likeness (QED) is 0.227. The molecule has 0 atom stereocenters. The van der Waals surface area contributed by atoms with E-state index < -0.39 is 0 Å². The SMILES string of the molecule is CN(c1ccc(NC(=O)CCc2cn(Cc3ccc(Br)cc3)c3ccccc23)cc1)c1ccccn1. The third kappa shape index (κ3) is 5.50. The predicted octanol–water partition coefficient (Wildman–Crippen LogP) is 7.19. The Bertz CT molecular complexity index is 1460. The van der Waals surface area contributed by atoms with E-state index in [1.807, 2.05) is 54.4 Å². The molecule has 0 saturated heterocycles. The molecule has 5 nitrogen and oxygen atoms in total. The number of fused-ring (bicyclic) bond motifs is 1. The summed E-state index contributed by atoms with van der Waals surface area (Å²) in [7, 11) is 1.98. The summed E-state index contributed by atoms with van der Waals surface area (Å²) >= 11 is 3.50. The van der Waals surface area contributed by atoms with E-state index in [2.05, 4.69) is 85.5 Å². The number of aromatic nitrogens is 2. The van der Waals surface area contributed by atoms with Gasteiger partial charge in [0.25, 0.3) is 0 Å². The largest absolute Gasteiger partial charge is 0.343 e. The Morgan fingerprint density at radius 3 is 2.44 bits per heavy atom. The van der Waals surface area contributed by atoms with Crippen LogP contribution < -0.4 is 10.2 Å². The summed E-state index contributed by atoms with van der Waals surface area (Å²) < 4.78 is 3.34. The monoisotopic (exact) mass is 538 g/mol. The minimum absolute atomic E-state index is 0.00516. The third-order valence-corrected chi connectivity index (χ3v) is 6.82. The van der Waals surface area contributed by atoms with Crippen molar-refractivity contribution in [1.29, 1.82) is 0 Å². The van der Waals surface area contributed by atoms with E-state index in [9.17, 15) is 4.79 Å². The summed E-state index contributed by atoms with van der Waals surface area (Å²) in [6.07, 6.45) is 5.06. The van der Waals surface area contributed by atoms with Crippen LogP contribution in [-0.2, 0) is 17.8 Å². The lowest BCUT2D eigenvalue weighted by Crippen LogP contribution is -2.13. The number of aryl methyl sites for hydroxylation is 1. The lowest BCUT2D eigenvalue weighted by Gasteiger charge is -2.18. The van der Waals surface area contributed by atoms with Crippen LogP contribution in [0.2, 0.25) is 0 Å². The van der Waals surface area contributed by atoms with Crippen molar-refractivity contribution in [3.05, 3.63) is 119 Å². The molecule has 6 heteroatoms. The first-order chi connectivity index (χ1) is 17.6. The van der Waals surface area contributed by atoms with Crippen LogP contribution >= 0.6 is 15.9 Å². The number of nitrogens with zero attached hydrogens (tertiary/aromatic N) is 3. The van der Waals surface area contributed by atoms with Crippen molar-refractivity contribution in [3.63, 3.8) is 0 Å². The number of pyridine rings is 1. The molecule has 0 radical (unpaired) electrons. The second-order valence-electron chi connectivity index (χ2n) is 8.77. The Morgan fingerprint density at radius 1 is 0.944 bits per heavy atom. The normalized spacial score (nSPS) is 10.9. The Labute approximate surface area is 219 Å². The third-order valence-electron chi connectivity index (χ3n) is 6.29. The molecule has 0 saturated carbocycles. The molecule has 5 aromatic rings. The molecule has 2 heterocycles. The molecule has 0 aliphatic heterocycles. The van der Waals surface area contributed by atoms with Crippen LogP contribution in [0.15, 0.2) is 108 Å². The van der Waals surface area contributed by atoms with Crippen LogP contribution in [0.1, 0.15) is 17.5 Å². The molecule has 180 valence electrons. The molecule has 1 amide bonds. The number of hydrogen-bond acceptors (Lipinski definition) is 3. The van der Waals surface area contributed by atoms with Crippen molar-refractivity contribution >= 4 is 49.9 Å². The van der Waals surface area contributed by atoms with Gasteiger partial charge >= 0.3 is 0 Å². The lowest BCUT2D eigenvalue weighted by molar-refractivity contribution is -0.116. The highest BCUT2D eigenvalue weighted by Gasteiger charge is 2.11. The zero-order chi connectivity index (χ0) is 24.9. The van der Waals surface area contributed by atoms with Crippen molar-refractivity contribution in [2.75, 3.05) is 17.3 Å². The van der Waals surface area contributed by atoms with E-state index in [0.29, 0.717) is 12.8 Å². The number of amides is 1. The van der Waals surface area contributed by atoms with Crippen molar-refractivity contribution in [2.45, 2.75) is 19.4 Å². The smallest absolute Gasteiger partial charge is 0.224 e. The molecule has 2 aromatic heterocycles. The minimum Gasteiger partial charge on any atom is -0.343 e.